The Morgan fingerprint density at radius 1 is 1.47 bits per heavy atom. The van der Waals surface area contributed by atoms with Crippen molar-refractivity contribution in [1.29, 1.82) is 0 Å². The molecular formula is C10H10N2O2S. The summed E-state index contributed by atoms with van der Waals surface area (Å²) in [5.74, 6) is 0.808. The highest BCUT2D eigenvalue weighted by Gasteiger charge is 2.03. The van der Waals surface area contributed by atoms with Gasteiger partial charge in [0.05, 0.1) is 0 Å². The van der Waals surface area contributed by atoms with E-state index in [1.807, 2.05) is 29.6 Å². The topological polar surface area (TPSA) is 67.8 Å². The van der Waals surface area contributed by atoms with E-state index in [-0.39, 0.29) is 12.4 Å². The van der Waals surface area contributed by atoms with Crippen LogP contribution in [0.5, 0.6) is 5.75 Å². The fraction of sp³-hybridized carbons (Fsp3) is 0.100. The molecule has 0 spiro atoms. The van der Waals surface area contributed by atoms with Gasteiger partial charge in [0, 0.05) is 10.1 Å². The molecule has 0 radical (unpaired) electrons. The Morgan fingerprint density at radius 2 is 2.33 bits per heavy atom. The third-order valence-electron chi connectivity index (χ3n) is 1.96. The van der Waals surface area contributed by atoms with Gasteiger partial charge in [0.15, 0.2) is 5.84 Å². The van der Waals surface area contributed by atoms with E-state index in [2.05, 4.69) is 5.16 Å². The molecule has 0 saturated carbocycles. The molecule has 1 aromatic carbocycles. The molecule has 0 amide bonds. The minimum absolute atomic E-state index is 0.0576. The number of hydrogen-bond acceptors (Lipinski definition) is 4. The Morgan fingerprint density at radius 3 is 3.13 bits per heavy atom. The number of hydrogen-bond donors (Lipinski definition) is 2. The van der Waals surface area contributed by atoms with Crippen LogP contribution in [0.2, 0.25) is 0 Å². The van der Waals surface area contributed by atoms with Crippen molar-refractivity contribution in [1.82, 2.24) is 0 Å². The minimum Gasteiger partial charge on any atom is -0.485 e. The van der Waals surface area contributed by atoms with Gasteiger partial charge in [0.1, 0.15) is 12.4 Å². The largest absolute Gasteiger partial charge is 0.485 e. The Hall–Kier alpha value is -1.75. The van der Waals surface area contributed by atoms with Crippen molar-refractivity contribution in [2.24, 2.45) is 10.9 Å². The van der Waals surface area contributed by atoms with Gasteiger partial charge in [-0.25, -0.2) is 0 Å². The predicted molar refractivity (Wildman–Crippen MR) is 60.7 cm³/mol. The number of nitrogens with zero attached hydrogens (tertiary/aromatic N) is 1. The first-order valence-corrected chi connectivity index (χ1v) is 5.24. The van der Waals surface area contributed by atoms with E-state index in [1.54, 1.807) is 11.3 Å². The van der Waals surface area contributed by atoms with Crippen molar-refractivity contribution in [2.45, 2.75) is 0 Å². The summed E-state index contributed by atoms with van der Waals surface area (Å²) < 4.78 is 6.58. The van der Waals surface area contributed by atoms with Gasteiger partial charge < -0.3 is 15.7 Å². The number of nitrogens with two attached hydrogens (primary N) is 1. The summed E-state index contributed by atoms with van der Waals surface area (Å²) in [6, 6.07) is 7.79. The second kappa shape index (κ2) is 4.18. The van der Waals surface area contributed by atoms with Crippen LogP contribution >= 0.6 is 11.3 Å². The maximum Gasteiger partial charge on any atom is 0.177 e. The van der Waals surface area contributed by atoms with Gasteiger partial charge in [-0.2, -0.15) is 0 Å². The fourth-order valence-corrected chi connectivity index (χ4v) is 2.08. The van der Waals surface area contributed by atoms with E-state index in [0.29, 0.717) is 0 Å². The number of amidine groups is 1. The van der Waals surface area contributed by atoms with Crippen LogP contribution in [0.4, 0.5) is 0 Å². The molecule has 0 aliphatic rings. The smallest absolute Gasteiger partial charge is 0.177 e. The minimum atomic E-state index is 0.0576. The molecule has 0 aliphatic heterocycles. The third kappa shape index (κ3) is 2.02. The lowest BCUT2D eigenvalue weighted by Crippen LogP contribution is -2.20. The highest BCUT2D eigenvalue weighted by molar-refractivity contribution is 7.17. The lowest BCUT2D eigenvalue weighted by molar-refractivity contribution is 0.307. The number of ether oxygens (including phenoxy) is 1. The maximum atomic E-state index is 8.37. The first kappa shape index (κ1) is 9.79. The zero-order valence-electron chi connectivity index (χ0n) is 7.88. The summed E-state index contributed by atoms with van der Waals surface area (Å²) in [5.41, 5.74) is 5.32. The fourth-order valence-electron chi connectivity index (χ4n) is 1.27. The number of fused-ring (bicyclic) bond motifs is 1. The molecule has 5 heteroatoms. The molecule has 1 heterocycles. The van der Waals surface area contributed by atoms with E-state index in [0.717, 1.165) is 15.8 Å². The van der Waals surface area contributed by atoms with Crippen LogP contribution in [-0.4, -0.2) is 17.6 Å². The molecule has 2 aromatic rings. The quantitative estimate of drug-likeness (QED) is 0.361. The maximum absolute atomic E-state index is 8.37. The van der Waals surface area contributed by atoms with Crippen LogP contribution in [0.15, 0.2) is 34.8 Å². The molecule has 0 aliphatic carbocycles. The van der Waals surface area contributed by atoms with Gasteiger partial charge in [-0.05, 0) is 23.6 Å². The van der Waals surface area contributed by atoms with Gasteiger partial charge in [-0.15, -0.1) is 11.3 Å². The molecule has 0 unspecified atom stereocenters. The number of rotatable bonds is 3. The monoisotopic (exact) mass is 222 g/mol. The van der Waals surface area contributed by atoms with Crippen LogP contribution in [0.1, 0.15) is 0 Å². The van der Waals surface area contributed by atoms with Gasteiger partial charge in [0.2, 0.25) is 0 Å². The molecule has 2 rings (SSSR count). The normalized spacial score (nSPS) is 11.9. The summed E-state index contributed by atoms with van der Waals surface area (Å²) >= 11 is 1.65. The lowest BCUT2D eigenvalue weighted by atomic mass is 10.2. The summed E-state index contributed by atoms with van der Waals surface area (Å²) in [6.45, 7) is 0.0888. The average molecular weight is 222 g/mol. The van der Waals surface area contributed by atoms with E-state index >= 15 is 0 Å². The van der Waals surface area contributed by atoms with Crippen molar-refractivity contribution < 1.29 is 9.94 Å². The van der Waals surface area contributed by atoms with Gasteiger partial charge in [0.25, 0.3) is 0 Å². The van der Waals surface area contributed by atoms with Crippen molar-refractivity contribution >= 4 is 27.3 Å². The predicted octanol–water partition coefficient (Wildman–Crippen LogP) is 2.03. The van der Waals surface area contributed by atoms with E-state index in [9.17, 15) is 0 Å². The van der Waals surface area contributed by atoms with Gasteiger partial charge >= 0.3 is 0 Å². The molecule has 3 N–H and O–H groups in total. The zero-order valence-corrected chi connectivity index (χ0v) is 8.70. The standard InChI is InChI=1S/C10H10N2O2S/c11-10(12-13)6-14-8-2-1-3-9-7(8)4-5-15-9/h1-5,13H,6H2,(H2,11,12). The van der Waals surface area contributed by atoms with E-state index in [1.165, 1.54) is 0 Å². The number of benzene rings is 1. The van der Waals surface area contributed by atoms with Crippen LogP contribution < -0.4 is 10.5 Å². The third-order valence-corrected chi connectivity index (χ3v) is 2.84. The molecule has 0 fully saturated rings. The second-order valence-electron chi connectivity index (χ2n) is 2.97. The van der Waals surface area contributed by atoms with Crippen LogP contribution in [0.3, 0.4) is 0 Å². The zero-order chi connectivity index (χ0) is 10.7. The van der Waals surface area contributed by atoms with Crippen LogP contribution in [0.25, 0.3) is 10.1 Å². The first-order valence-electron chi connectivity index (χ1n) is 4.36. The lowest BCUT2D eigenvalue weighted by Gasteiger charge is -2.05. The Bertz CT molecular complexity index is 493. The average Bonchev–Trinajstić information content (AvgIpc) is 2.74. The summed E-state index contributed by atoms with van der Waals surface area (Å²) in [4.78, 5) is 0. The van der Waals surface area contributed by atoms with Crippen LogP contribution in [0, 0.1) is 0 Å². The SMILES string of the molecule is NC(COc1cccc2sccc12)=NO. The first-order chi connectivity index (χ1) is 7.31. The molecule has 0 atom stereocenters. The van der Waals surface area contributed by atoms with Crippen molar-refractivity contribution in [3.63, 3.8) is 0 Å². The van der Waals surface area contributed by atoms with Crippen molar-refractivity contribution in [3.05, 3.63) is 29.6 Å². The summed E-state index contributed by atoms with van der Waals surface area (Å²) in [6.07, 6.45) is 0. The Labute approximate surface area is 90.6 Å². The van der Waals surface area contributed by atoms with Crippen molar-refractivity contribution in [2.75, 3.05) is 6.61 Å². The van der Waals surface area contributed by atoms with E-state index < -0.39 is 0 Å². The Balaban J connectivity index is 2.24. The van der Waals surface area contributed by atoms with Crippen molar-refractivity contribution in [3.8, 4) is 5.75 Å². The Kier molecular flexibility index (Phi) is 2.73. The summed E-state index contributed by atoms with van der Waals surface area (Å²) in [7, 11) is 0. The molecule has 1 aromatic heterocycles. The summed E-state index contributed by atoms with van der Waals surface area (Å²) in [5, 5.41) is 14.3. The molecule has 78 valence electrons. The molecule has 0 bridgehead atoms. The molecule has 0 saturated heterocycles. The highest BCUT2D eigenvalue weighted by atomic mass is 32.1. The number of thiophene rings is 1. The molecular weight excluding hydrogens is 212 g/mol. The van der Waals surface area contributed by atoms with Gasteiger partial charge in [-0.1, -0.05) is 11.2 Å². The second-order valence-corrected chi connectivity index (χ2v) is 3.92. The van der Waals surface area contributed by atoms with Crippen LogP contribution in [-0.2, 0) is 0 Å². The number of oxime groups is 1. The highest BCUT2D eigenvalue weighted by Crippen LogP contribution is 2.29. The van der Waals surface area contributed by atoms with Gasteiger partial charge in [-0.3, -0.25) is 0 Å². The van der Waals surface area contributed by atoms with E-state index in [4.69, 9.17) is 15.7 Å². The molecule has 15 heavy (non-hydrogen) atoms. The molecule has 4 nitrogen and oxygen atoms in total.